The van der Waals surface area contributed by atoms with Gasteiger partial charge in [0.2, 0.25) is 0 Å². The Morgan fingerprint density at radius 3 is 2.43 bits per heavy atom. The number of piperidine rings is 1. The van der Waals surface area contributed by atoms with E-state index in [9.17, 15) is 22.8 Å². The molecular formula is C15H16F3NO2. The number of Topliss-reactive ketones (excluding diaryl/α,β-unsaturated/α-hetero) is 1. The molecule has 1 aromatic carbocycles. The summed E-state index contributed by atoms with van der Waals surface area (Å²) in [7, 11) is 0. The van der Waals surface area contributed by atoms with Gasteiger partial charge in [-0.3, -0.25) is 9.59 Å². The van der Waals surface area contributed by atoms with E-state index in [1.165, 1.54) is 17.0 Å². The fourth-order valence-corrected chi connectivity index (χ4v) is 2.43. The fraction of sp³-hybridized carbons (Fsp3) is 0.467. The molecule has 2 rings (SSSR count). The maximum Gasteiger partial charge on any atom is 0.416 e. The number of rotatable bonds is 2. The molecule has 21 heavy (non-hydrogen) atoms. The quantitative estimate of drug-likeness (QED) is 0.841. The molecule has 1 fully saturated rings. The summed E-state index contributed by atoms with van der Waals surface area (Å²) in [6, 6.07) is 4.17. The first-order valence-corrected chi connectivity index (χ1v) is 6.82. The number of benzene rings is 1. The van der Waals surface area contributed by atoms with E-state index in [1.807, 2.05) is 6.92 Å². The first-order valence-electron chi connectivity index (χ1n) is 6.82. The van der Waals surface area contributed by atoms with Crippen LogP contribution in [0.15, 0.2) is 24.3 Å². The average Bonchev–Trinajstić information content (AvgIpc) is 2.46. The zero-order valence-electron chi connectivity index (χ0n) is 11.6. The Morgan fingerprint density at radius 2 is 1.90 bits per heavy atom. The molecule has 1 heterocycles. The Morgan fingerprint density at radius 1 is 1.29 bits per heavy atom. The third-order valence-electron chi connectivity index (χ3n) is 3.76. The van der Waals surface area contributed by atoms with Crippen LogP contribution in [0.3, 0.4) is 0 Å². The van der Waals surface area contributed by atoms with Crippen molar-refractivity contribution in [3.63, 3.8) is 0 Å². The number of nitrogens with zero attached hydrogens (tertiary/aromatic N) is 1. The van der Waals surface area contributed by atoms with E-state index in [2.05, 4.69) is 0 Å². The molecule has 0 aromatic heterocycles. The van der Waals surface area contributed by atoms with Gasteiger partial charge in [0, 0.05) is 31.0 Å². The lowest BCUT2D eigenvalue weighted by molar-refractivity contribution is -0.137. The summed E-state index contributed by atoms with van der Waals surface area (Å²) < 4.78 is 37.4. The van der Waals surface area contributed by atoms with Crippen LogP contribution in [0.4, 0.5) is 13.2 Å². The van der Waals surface area contributed by atoms with E-state index in [0.717, 1.165) is 12.1 Å². The zero-order valence-corrected chi connectivity index (χ0v) is 11.6. The molecule has 1 atom stereocenters. The number of halogens is 3. The van der Waals surface area contributed by atoms with Crippen LogP contribution in [0.2, 0.25) is 0 Å². The number of carbonyl (C=O) groups excluding carboxylic acids is 2. The van der Waals surface area contributed by atoms with Gasteiger partial charge in [-0.2, -0.15) is 13.2 Å². The van der Waals surface area contributed by atoms with Crippen molar-refractivity contribution in [2.75, 3.05) is 13.1 Å². The summed E-state index contributed by atoms with van der Waals surface area (Å²) in [4.78, 5) is 25.4. The molecule has 1 aliphatic rings. The highest BCUT2D eigenvalue weighted by Crippen LogP contribution is 2.29. The molecule has 1 amide bonds. The highest BCUT2D eigenvalue weighted by Gasteiger charge is 2.32. The van der Waals surface area contributed by atoms with Crippen molar-refractivity contribution in [1.82, 2.24) is 4.90 Å². The van der Waals surface area contributed by atoms with Crippen LogP contribution in [-0.4, -0.2) is 29.7 Å². The molecule has 1 aromatic rings. The fourth-order valence-electron chi connectivity index (χ4n) is 2.43. The van der Waals surface area contributed by atoms with Crippen molar-refractivity contribution in [2.24, 2.45) is 5.92 Å². The number of amides is 1. The van der Waals surface area contributed by atoms with E-state index in [1.54, 1.807) is 0 Å². The number of alkyl halides is 3. The van der Waals surface area contributed by atoms with E-state index in [-0.39, 0.29) is 23.2 Å². The highest BCUT2D eigenvalue weighted by atomic mass is 19.4. The van der Waals surface area contributed by atoms with Crippen molar-refractivity contribution < 1.29 is 22.8 Å². The molecule has 0 N–H and O–H groups in total. The summed E-state index contributed by atoms with van der Waals surface area (Å²) in [5, 5.41) is 0. The second-order valence-electron chi connectivity index (χ2n) is 5.15. The highest BCUT2D eigenvalue weighted by molar-refractivity contribution is 5.95. The van der Waals surface area contributed by atoms with Crippen LogP contribution < -0.4 is 0 Å². The van der Waals surface area contributed by atoms with Gasteiger partial charge in [-0.05, 0) is 30.7 Å². The smallest absolute Gasteiger partial charge is 0.337 e. The van der Waals surface area contributed by atoms with Crippen molar-refractivity contribution in [3.8, 4) is 0 Å². The molecule has 1 aliphatic heterocycles. The van der Waals surface area contributed by atoms with E-state index in [4.69, 9.17) is 0 Å². The molecule has 1 saturated heterocycles. The van der Waals surface area contributed by atoms with Gasteiger partial charge in [-0.15, -0.1) is 0 Å². The molecule has 6 heteroatoms. The average molecular weight is 299 g/mol. The Balaban J connectivity index is 2.11. The molecule has 0 spiro atoms. The number of carbonyl (C=O) groups is 2. The standard InChI is InChI=1S/C15H16F3NO2/c1-2-10-9-19(8-7-13(10)20)14(21)11-3-5-12(6-4-11)15(16,17)18/h3-6,10H,2,7-9H2,1H3. The van der Waals surface area contributed by atoms with Crippen molar-refractivity contribution >= 4 is 11.7 Å². The van der Waals surface area contributed by atoms with Gasteiger partial charge in [-0.25, -0.2) is 0 Å². The SMILES string of the molecule is CCC1CN(C(=O)c2ccc(C(F)(F)F)cc2)CCC1=O. The lowest BCUT2D eigenvalue weighted by Gasteiger charge is -2.31. The summed E-state index contributed by atoms with van der Waals surface area (Å²) in [6.07, 6.45) is -3.44. The number of ketones is 1. The predicted octanol–water partition coefficient (Wildman–Crippen LogP) is 3.15. The topological polar surface area (TPSA) is 37.4 Å². The van der Waals surface area contributed by atoms with Gasteiger partial charge in [0.25, 0.3) is 5.91 Å². The number of likely N-dealkylation sites (tertiary alicyclic amines) is 1. The summed E-state index contributed by atoms with van der Waals surface area (Å²) in [6.45, 7) is 2.55. The Labute approximate surface area is 120 Å². The van der Waals surface area contributed by atoms with Gasteiger partial charge in [0.05, 0.1) is 5.56 Å². The summed E-state index contributed by atoms with van der Waals surface area (Å²) >= 11 is 0. The first kappa shape index (κ1) is 15.5. The second-order valence-corrected chi connectivity index (χ2v) is 5.15. The van der Waals surface area contributed by atoms with Crippen LogP contribution >= 0.6 is 0 Å². The number of hydrogen-bond donors (Lipinski definition) is 0. The predicted molar refractivity (Wildman–Crippen MR) is 70.8 cm³/mol. The van der Waals surface area contributed by atoms with Crippen molar-refractivity contribution in [2.45, 2.75) is 25.9 Å². The van der Waals surface area contributed by atoms with E-state index in [0.29, 0.717) is 25.9 Å². The monoisotopic (exact) mass is 299 g/mol. The van der Waals surface area contributed by atoms with Crippen LogP contribution in [0, 0.1) is 5.92 Å². The molecule has 0 radical (unpaired) electrons. The number of hydrogen-bond acceptors (Lipinski definition) is 2. The Kier molecular flexibility index (Phi) is 4.34. The minimum atomic E-state index is -4.41. The van der Waals surface area contributed by atoms with Gasteiger partial charge in [0.15, 0.2) is 0 Å². The van der Waals surface area contributed by atoms with Gasteiger partial charge in [0.1, 0.15) is 5.78 Å². The van der Waals surface area contributed by atoms with Gasteiger partial charge in [-0.1, -0.05) is 6.92 Å². The molecule has 1 unspecified atom stereocenters. The minimum Gasteiger partial charge on any atom is -0.337 e. The molecular weight excluding hydrogens is 283 g/mol. The largest absolute Gasteiger partial charge is 0.416 e. The molecule has 0 aliphatic carbocycles. The minimum absolute atomic E-state index is 0.147. The van der Waals surface area contributed by atoms with Gasteiger partial charge >= 0.3 is 6.18 Å². The maximum atomic E-state index is 12.5. The Hall–Kier alpha value is -1.85. The van der Waals surface area contributed by atoms with Crippen LogP contribution in [-0.2, 0) is 11.0 Å². The second kappa shape index (κ2) is 5.87. The summed E-state index contributed by atoms with van der Waals surface area (Å²) in [5.41, 5.74) is -0.563. The lowest BCUT2D eigenvalue weighted by Crippen LogP contribution is -2.43. The van der Waals surface area contributed by atoms with Crippen LogP contribution in [0.25, 0.3) is 0 Å². The zero-order chi connectivity index (χ0) is 15.6. The van der Waals surface area contributed by atoms with E-state index >= 15 is 0 Å². The third-order valence-corrected chi connectivity index (χ3v) is 3.76. The lowest BCUT2D eigenvalue weighted by atomic mass is 9.93. The van der Waals surface area contributed by atoms with E-state index < -0.39 is 11.7 Å². The maximum absolute atomic E-state index is 12.5. The van der Waals surface area contributed by atoms with Crippen molar-refractivity contribution in [1.29, 1.82) is 0 Å². The van der Waals surface area contributed by atoms with Crippen LogP contribution in [0.1, 0.15) is 35.7 Å². The molecule has 0 saturated carbocycles. The summed E-state index contributed by atoms with van der Waals surface area (Å²) in [5.74, 6) is -0.346. The molecule has 3 nitrogen and oxygen atoms in total. The molecule has 114 valence electrons. The van der Waals surface area contributed by atoms with Gasteiger partial charge < -0.3 is 4.90 Å². The normalized spacial score (nSPS) is 19.7. The molecule has 0 bridgehead atoms. The Bertz CT molecular complexity index is 537. The first-order chi connectivity index (χ1) is 9.82. The van der Waals surface area contributed by atoms with Crippen molar-refractivity contribution in [3.05, 3.63) is 35.4 Å². The van der Waals surface area contributed by atoms with Crippen LogP contribution in [0.5, 0.6) is 0 Å². The third kappa shape index (κ3) is 3.43.